The number of rotatable bonds is 6. The first kappa shape index (κ1) is 20.9. The molecule has 0 bridgehead atoms. The summed E-state index contributed by atoms with van der Waals surface area (Å²) >= 11 is 0. The molecule has 1 aliphatic heterocycles. The largest absolute Gasteiger partial charge is 0.386 e. The third kappa shape index (κ3) is 5.06. The van der Waals surface area contributed by atoms with Crippen molar-refractivity contribution < 1.29 is 42.6 Å². The first-order valence-electron chi connectivity index (χ1n) is 6.93. The van der Waals surface area contributed by atoms with Crippen molar-refractivity contribution in [1.29, 1.82) is 0 Å². The van der Waals surface area contributed by atoms with Crippen molar-refractivity contribution in [3.8, 4) is 0 Å². The van der Waals surface area contributed by atoms with Crippen LogP contribution in [0, 0.1) is 0 Å². The van der Waals surface area contributed by atoms with Crippen LogP contribution < -0.4 is 11.4 Å². The summed E-state index contributed by atoms with van der Waals surface area (Å²) in [6.07, 6.45) is -3.29. The van der Waals surface area contributed by atoms with E-state index in [0.717, 1.165) is 10.8 Å². The van der Waals surface area contributed by atoms with Gasteiger partial charge in [0.25, 0.3) is 0 Å². The molecule has 1 saturated heterocycles. The molecule has 0 saturated carbocycles. The zero-order chi connectivity index (χ0) is 19.7. The van der Waals surface area contributed by atoms with E-state index in [2.05, 4.69) is 9.51 Å². The van der Waals surface area contributed by atoms with Crippen molar-refractivity contribution in [2.24, 2.45) is 0 Å². The number of aromatic nitrogens is 2. The van der Waals surface area contributed by atoms with E-state index in [4.69, 9.17) is 20.3 Å². The van der Waals surface area contributed by atoms with E-state index in [1.165, 1.54) is 6.07 Å². The molecule has 2 rings (SSSR count). The molecule has 0 aliphatic carbocycles. The fourth-order valence-corrected chi connectivity index (χ4v) is 4.79. The van der Waals surface area contributed by atoms with Gasteiger partial charge in [0.1, 0.15) is 18.0 Å². The van der Waals surface area contributed by atoms with Gasteiger partial charge in [0.05, 0.1) is 12.9 Å². The lowest BCUT2D eigenvalue weighted by Gasteiger charge is -2.18. The lowest BCUT2D eigenvalue weighted by atomic mass is 10.1. The Balaban J connectivity index is 2.16. The van der Waals surface area contributed by atoms with Crippen LogP contribution in [0.4, 0.5) is 10.2 Å². The summed E-state index contributed by atoms with van der Waals surface area (Å²) in [4.78, 5) is 42.1. The molecule has 146 valence electrons. The van der Waals surface area contributed by atoms with Gasteiger partial charge in [-0.15, -0.1) is 0 Å². The number of aliphatic hydroxyl groups excluding tert-OH is 1. The lowest BCUT2D eigenvalue weighted by Crippen LogP contribution is -2.28. The molecule has 1 fully saturated rings. The first-order valence-corrected chi connectivity index (χ1v) is 10.5. The summed E-state index contributed by atoms with van der Waals surface area (Å²) < 4.78 is 46.2. The van der Waals surface area contributed by atoms with Crippen LogP contribution >= 0.6 is 15.2 Å². The summed E-state index contributed by atoms with van der Waals surface area (Å²) in [7, 11) is -9.53. The minimum Gasteiger partial charge on any atom is -0.386 e. The molecular weight excluding hydrogens is 399 g/mol. The lowest BCUT2D eigenvalue weighted by molar-refractivity contribution is -0.0410. The molecule has 0 radical (unpaired) electrons. The second kappa shape index (κ2) is 7.67. The maximum atomic E-state index is 13.2. The molecule has 6 N–H and O–H groups in total. The smallest absolute Gasteiger partial charge is 0.351 e. The highest BCUT2D eigenvalue weighted by Gasteiger charge is 2.42. The van der Waals surface area contributed by atoms with Crippen LogP contribution in [0.2, 0.25) is 0 Å². The average molecular weight is 415 g/mol. The van der Waals surface area contributed by atoms with E-state index in [9.17, 15) is 28.3 Å². The van der Waals surface area contributed by atoms with Crippen molar-refractivity contribution in [2.45, 2.75) is 18.4 Å². The summed E-state index contributed by atoms with van der Waals surface area (Å²) in [5.74, 6) is -1.52. The predicted octanol–water partition coefficient (Wildman–Crippen LogP) is -0.726. The monoisotopic (exact) mass is 415 g/mol. The van der Waals surface area contributed by atoms with Crippen molar-refractivity contribution in [3.05, 3.63) is 34.7 Å². The summed E-state index contributed by atoms with van der Waals surface area (Å²) in [5.41, 5.74) is 4.08. The highest BCUT2D eigenvalue weighted by atomic mass is 31.2. The van der Waals surface area contributed by atoms with Gasteiger partial charge >= 0.3 is 20.9 Å². The van der Waals surface area contributed by atoms with Gasteiger partial charge in [-0.05, 0) is 6.07 Å². The topological polar surface area (TPSA) is 194 Å². The molecule has 1 aliphatic rings. The van der Waals surface area contributed by atoms with Crippen LogP contribution in [0.15, 0.2) is 29.0 Å². The highest BCUT2D eigenvalue weighted by Crippen LogP contribution is 2.55. The summed E-state index contributed by atoms with van der Waals surface area (Å²) in [6, 6.07) is 1.23. The number of hydrogen-bond donors (Lipinski definition) is 5. The summed E-state index contributed by atoms with van der Waals surface area (Å²) in [6.45, 7) is -0.792. The van der Waals surface area contributed by atoms with Crippen LogP contribution in [0.5, 0.6) is 0 Å². The van der Waals surface area contributed by atoms with Gasteiger partial charge in [0.2, 0.25) is 0 Å². The van der Waals surface area contributed by atoms with Gasteiger partial charge in [-0.3, -0.25) is 13.7 Å². The molecule has 12 nitrogen and oxygen atoms in total. The van der Waals surface area contributed by atoms with Crippen LogP contribution in [-0.2, 0) is 18.4 Å². The molecular formula is C11H16FN3O9P2. The fourth-order valence-electron chi connectivity index (χ4n) is 2.22. The first-order chi connectivity index (χ1) is 11.9. The second-order valence-corrected chi connectivity index (χ2v) is 9.36. The predicted molar refractivity (Wildman–Crippen MR) is 84.7 cm³/mol. The number of hydrogen-bond acceptors (Lipinski definition) is 8. The van der Waals surface area contributed by atoms with Crippen LogP contribution in [0.3, 0.4) is 0 Å². The molecule has 1 unspecified atom stereocenters. The van der Waals surface area contributed by atoms with Crippen molar-refractivity contribution >= 4 is 21.0 Å². The molecule has 0 amide bonds. The van der Waals surface area contributed by atoms with Crippen molar-refractivity contribution in [2.75, 3.05) is 18.2 Å². The Hall–Kier alpha value is -1.43. The highest BCUT2D eigenvalue weighted by molar-refractivity contribution is 7.70. The molecule has 1 aromatic rings. The Labute approximate surface area is 145 Å². The Morgan fingerprint density at radius 3 is 2.62 bits per heavy atom. The van der Waals surface area contributed by atoms with Gasteiger partial charge in [-0.25, -0.2) is 9.18 Å². The Kier molecular flexibility index (Phi) is 6.16. The molecule has 0 aromatic carbocycles. The summed E-state index contributed by atoms with van der Waals surface area (Å²) in [5, 5.41) is 10.1. The van der Waals surface area contributed by atoms with Gasteiger partial charge in [0, 0.05) is 11.8 Å². The van der Waals surface area contributed by atoms with Gasteiger partial charge in [-0.2, -0.15) is 4.98 Å². The zero-order valence-corrected chi connectivity index (χ0v) is 14.7. The third-order valence-corrected chi connectivity index (χ3v) is 6.77. The van der Waals surface area contributed by atoms with Gasteiger partial charge in [0.15, 0.2) is 12.1 Å². The number of nitrogens with two attached hydrogens (primary N) is 1. The van der Waals surface area contributed by atoms with E-state index < -0.39 is 51.8 Å². The van der Waals surface area contributed by atoms with E-state index in [0.29, 0.717) is 0 Å². The van der Waals surface area contributed by atoms with E-state index >= 15 is 0 Å². The van der Waals surface area contributed by atoms with Crippen molar-refractivity contribution in [3.63, 3.8) is 0 Å². The van der Waals surface area contributed by atoms with Crippen LogP contribution in [-0.4, -0.2) is 54.1 Å². The molecule has 4 atom stereocenters. The average Bonchev–Trinajstić information content (AvgIpc) is 2.79. The standard InChI is InChI=1S/C11H16FN3O9P2/c12-3-6-9(16)7(4-23-26(21,22)5-25(18,19)20)24-10(6)15-2-1-8(13)14-11(15)17/h1-3,7,9-10,16H,4-5H2,(H,21,22)(H2,13,14,17)(H2,18,19,20)/b6-3+/t7-,9+,10-/m1/s1. The zero-order valence-electron chi connectivity index (χ0n) is 13.0. The van der Waals surface area contributed by atoms with Crippen molar-refractivity contribution in [1.82, 2.24) is 9.55 Å². The molecule has 2 heterocycles. The Bertz CT molecular complexity index is 854. The molecule has 26 heavy (non-hydrogen) atoms. The normalized spacial score (nSPS) is 27.6. The fraction of sp³-hybridized carbons (Fsp3) is 0.455. The minimum absolute atomic E-state index is 0.00626. The van der Waals surface area contributed by atoms with E-state index in [1.807, 2.05) is 0 Å². The SMILES string of the molecule is Nc1ccn([C@@H]2O[C@H](COP(=O)(O)CP(=O)(O)O)[C@@H](O)/C2=C\F)c(=O)n1. The van der Waals surface area contributed by atoms with Crippen LogP contribution in [0.1, 0.15) is 6.23 Å². The van der Waals surface area contributed by atoms with Gasteiger partial charge in [-0.1, -0.05) is 0 Å². The van der Waals surface area contributed by atoms with Crippen LogP contribution in [0.25, 0.3) is 0 Å². The molecule has 15 heteroatoms. The number of nitrogens with zero attached hydrogens (tertiary/aromatic N) is 2. The quantitative estimate of drug-likeness (QED) is 0.368. The van der Waals surface area contributed by atoms with Gasteiger partial charge < -0.3 is 34.8 Å². The third-order valence-electron chi connectivity index (χ3n) is 3.32. The second-order valence-electron chi connectivity index (χ2n) is 5.36. The van der Waals surface area contributed by atoms with E-state index in [-0.39, 0.29) is 17.7 Å². The maximum absolute atomic E-state index is 13.2. The molecule has 0 spiro atoms. The number of halogens is 1. The number of nitrogen functional groups attached to an aromatic ring is 1. The number of ether oxygens (including phenoxy) is 1. The minimum atomic E-state index is -4.83. The Morgan fingerprint density at radius 2 is 2.08 bits per heavy atom. The maximum Gasteiger partial charge on any atom is 0.351 e. The number of anilines is 1. The number of aliphatic hydroxyl groups is 1. The van der Waals surface area contributed by atoms with E-state index in [1.54, 1.807) is 0 Å². The Morgan fingerprint density at radius 1 is 1.42 bits per heavy atom. The molecule has 1 aromatic heterocycles.